The number of nitrogens with one attached hydrogen (secondary N) is 1. The smallest absolute Gasteiger partial charge is 0.267 e. The number of halogens is 2. The second-order valence-electron chi connectivity index (χ2n) is 5.12. The Bertz CT molecular complexity index is 831. The molecule has 1 heterocycles. The van der Waals surface area contributed by atoms with Crippen LogP contribution in [0.25, 0.3) is 6.08 Å². The molecule has 2 aromatic rings. The summed E-state index contributed by atoms with van der Waals surface area (Å²) in [6.45, 7) is 1.84. The fourth-order valence-electron chi connectivity index (χ4n) is 2.19. The first-order chi connectivity index (χ1) is 11.0. The van der Waals surface area contributed by atoms with Crippen molar-refractivity contribution >= 4 is 35.2 Å². The summed E-state index contributed by atoms with van der Waals surface area (Å²) in [6.07, 6.45) is 1.42. The Morgan fingerprint density at radius 1 is 1.13 bits per heavy atom. The third-order valence-electron chi connectivity index (χ3n) is 3.49. The highest BCUT2D eigenvalue weighted by atomic mass is 35.5. The number of benzene rings is 2. The molecule has 1 saturated heterocycles. The predicted molar refractivity (Wildman–Crippen MR) is 86.2 cm³/mol. The number of rotatable bonds is 2. The van der Waals surface area contributed by atoms with E-state index >= 15 is 0 Å². The Labute approximate surface area is 137 Å². The van der Waals surface area contributed by atoms with E-state index in [2.05, 4.69) is 5.43 Å². The van der Waals surface area contributed by atoms with Crippen LogP contribution in [0.3, 0.4) is 0 Å². The first-order valence-corrected chi connectivity index (χ1v) is 7.22. The van der Waals surface area contributed by atoms with E-state index in [9.17, 15) is 14.0 Å². The summed E-state index contributed by atoms with van der Waals surface area (Å²) >= 11 is 6.06. The van der Waals surface area contributed by atoms with E-state index < -0.39 is 11.8 Å². The van der Waals surface area contributed by atoms with Gasteiger partial charge in [0.2, 0.25) is 0 Å². The second-order valence-corrected chi connectivity index (χ2v) is 5.53. The largest absolute Gasteiger partial charge is 0.282 e. The van der Waals surface area contributed by atoms with Gasteiger partial charge >= 0.3 is 0 Å². The van der Waals surface area contributed by atoms with Crippen LogP contribution in [0, 0.1) is 12.7 Å². The molecular weight excluding hydrogens is 319 g/mol. The van der Waals surface area contributed by atoms with Gasteiger partial charge in [-0.15, -0.1) is 0 Å². The van der Waals surface area contributed by atoms with Crippen LogP contribution in [0.15, 0.2) is 48.0 Å². The van der Waals surface area contributed by atoms with Gasteiger partial charge in [0, 0.05) is 5.02 Å². The number of carbonyl (C=O) groups excluding carboxylic acids is 2. The number of amides is 2. The third kappa shape index (κ3) is 2.96. The minimum Gasteiger partial charge on any atom is -0.267 e. The molecule has 6 heteroatoms. The molecule has 4 nitrogen and oxygen atoms in total. The van der Waals surface area contributed by atoms with Crippen LogP contribution in [0.2, 0.25) is 5.02 Å². The molecule has 23 heavy (non-hydrogen) atoms. The van der Waals surface area contributed by atoms with Crippen molar-refractivity contribution in [3.63, 3.8) is 0 Å². The van der Waals surface area contributed by atoms with Crippen molar-refractivity contribution in [2.45, 2.75) is 6.92 Å². The summed E-state index contributed by atoms with van der Waals surface area (Å²) in [5.41, 5.74) is 4.38. The Morgan fingerprint density at radius 2 is 1.83 bits per heavy atom. The summed E-state index contributed by atoms with van der Waals surface area (Å²) in [5, 5.41) is 1.64. The van der Waals surface area contributed by atoms with Crippen molar-refractivity contribution in [2.24, 2.45) is 0 Å². The molecule has 0 unspecified atom stereocenters. The van der Waals surface area contributed by atoms with Crippen molar-refractivity contribution in [1.29, 1.82) is 0 Å². The molecular formula is C17H12ClFN2O2. The molecule has 0 radical (unpaired) electrons. The van der Waals surface area contributed by atoms with Crippen molar-refractivity contribution < 1.29 is 14.0 Å². The molecule has 0 atom stereocenters. The quantitative estimate of drug-likeness (QED) is 0.679. The van der Waals surface area contributed by atoms with Gasteiger partial charge in [-0.05, 0) is 48.4 Å². The summed E-state index contributed by atoms with van der Waals surface area (Å²) in [6, 6.07) is 10.6. The lowest BCUT2D eigenvalue weighted by Gasteiger charge is -2.15. The van der Waals surface area contributed by atoms with E-state index in [1.807, 2.05) is 6.92 Å². The lowest BCUT2D eigenvalue weighted by atomic mass is 10.1. The lowest BCUT2D eigenvalue weighted by molar-refractivity contribution is -0.117. The zero-order valence-corrected chi connectivity index (χ0v) is 12.9. The Balaban J connectivity index is 1.93. The Kier molecular flexibility index (Phi) is 3.88. The standard InChI is InChI=1S/C17H12ClFN2O2/c1-10-2-7-13(9-15(10)18)21-17(23)14(16(22)20-21)8-11-3-5-12(19)6-4-11/h2-9H,1H3,(H,20,22)/b14-8-. The van der Waals surface area contributed by atoms with Crippen molar-refractivity contribution in [1.82, 2.24) is 5.43 Å². The average molecular weight is 331 g/mol. The van der Waals surface area contributed by atoms with Gasteiger partial charge in [0.15, 0.2) is 0 Å². The highest BCUT2D eigenvalue weighted by Gasteiger charge is 2.34. The first kappa shape index (κ1) is 15.2. The fourth-order valence-corrected chi connectivity index (χ4v) is 2.36. The second kappa shape index (κ2) is 5.85. The molecule has 1 aliphatic rings. The van der Waals surface area contributed by atoms with Crippen LogP contribution in [0.4, 0.5) is 10.1 Å². The SMILES string of the molecule is Cc1ccc(N2NC(=O)/C(=C/c3ccc(F)cc3)C2=O)cc1Cl. The van der Waals surface area contributed by atoms with Crippen molar-refractivity contribution in [3.8, 4) is 0 Å². The molecule has 0 spiro atoms. The molecule has 1 fully saturated rings. The van der Waals surface area contributed by atoms with Crippen LogP contribution in [0.1, 0.15) is 11.1 Å². The molecule has 0 aliphatic carbocycles. The normalized spacial score (nSPS) is 16.1. The summed E-state index contributed by atoms with van der Waals surface area (Å²) in [4.78, 5) is 24.5. The number of hydrogen-bond acceptors (Lipinski definition) is 2. The van der Waals surface area contributed by atoms with Crippen LogP contribution in [-0.4, -0.2) is 11.8 Å². The van der Waals surface area contributed by atoms with Gasteiger partial charge in [0.05, 0.1) is 5.69 Å². The van der Waals surface area contributed by atoms with Crippen LogP contribution in [-0.2, 0) is 9.59 Å². The average Bonchev–Trinajstić information content (AvgIpc) is 2.80. The van der Waals surface area contributed by atoms with Gasteiger partial charge in [-0.25, -0.2) is 9.40 Å². The number of anilines is 1. The molecule has 1 N–H and O–H groups in total. The summed E-state index contributed by atoms with van der Waals surface area (Å²) < 4.78 is 12.9. The highest BCUT2D eigenvalue weighted by Crippen LogP contribution is 2.26. The van der Waals surface area contributed by atoms with E-state index in [4.69, 9.17) is 11.6 Å². The molecule has 0 aromatic heterocycles. The number of aryl methyl sites for hydroxylation is 1. The van der Waals surface area contributed by atoms with E-state index in [0.29, 0.717) is 16.3 Å². The topological polar surface area (TPSA) is 49.4 Å². The van der Waals surface area contributed by atoms with Gasteiger partial charge in [-0.3, -0.25) is 15.0 Å². The van der Waals surface area contributed by atoms with Crippen LogP contribution >= 0.6 is 11.6 Å². The van der Waals surface area contributed by atoms with E-state index in [-0.39, 0.29) is 11.4 Å². The van der Waals surface area contributed by atoms with Crippen molar-refractivity contribution in [2.75, 3.05) is 5.01 Å². The Hall–Kier alpha value is -2.66. The number of hydrazine groups is 1. The third-order valence-corrected chi connectivity index (χ3v) is 3.89. The number of carbonyl (C=O) groups is 2. The minimum atomic E-state index is -0.518. The zero-order valence-electron chi connectivity index (χ0n) is 12.1. The van der Waals surface area contributed by atoms with Crippen molar-refractivity contribution in [3.05, 3.63) is 70.0 Å². The van der Waals surface area contributed by atoms with E-state index in [0.717, 1.165) is 10.6 Å². The monoisotopic (exact) mass is 330 g/mol. The summed E-state index contributed by atoms with van der Waals surface area (Å²) in [5.74, 6) is -1.39. The number of hydrogen-bond donors (Lipinski definition) is 1. The minimum absolute atomic E-state index is 0.0201. The van der Waals surface area contributed by atoms with Gasteiger partial charge < -0.3 is 0 Å². The maximum atomic E-state index is 12.9. The highest BCUT2D eigenvalue weighted by molar-refractivity contribution is 6.33. The molecule has 3 rings (SSSR count). The van der Waals surface area contributed by atoms with E-state index in [1.54, 1.807) is 18.2 Å². The molecule has 2 aromatic carbocycles. The molecule has 2 amide bonds. The molecule has 116 valence electrons. The zero-order chi connectivity index (χ0) is 16.6. The summed E-state index contributed by atoms with van der Waals surface area (Å²) in [7, 11) is 0. The Morgan fingerprint density at radius 3 is 2.48 bits per heavy atom. The predicted octanol–water partition coefficient (Wildman–Crippen LogP) is 3.25. The maximum Gasteiger partial charge on any atom is 0.282 e. The van der Waals surface area contributed by atoms with Crippen LogP contribution < -0.4 is 10.4 Å². The van der Waals surface area contributed by atoms with Gasteiger partial charge in [0.25, 0.3) is 11.8 Å². The van der Waals surface area contributed by atoms with Crippen LogP contribution in [0.5, 0.6) is 0 Å². The molecule has 0 bridgehead atoms. The number of nitrogens with zero attached hydrogens (tertiary/aromatic N) is 1. The lowest BCUT2D eigenvalue weighted by Crippen LogP contribution is -2.35. The van der Waals surface area contributed by atoms with Gasteiger partial charge in [0.1, 0.15) is 11.4 Å². The van der Waals surface area contributed by atoms with Gasteiger partial charge in [-0.1, -0.05) is 29.8 Å². The maximum absolute atomic E-state index is 12.9. The fraction of sp³-hybridized carbons (Fsp3) is 0.0588. The van der Waals surface area contributed by atoms with E-state index in [1.165, 1.54) is 30.3 Å². The van der Waals surface area contributed by atoms with Gasteiger partial charge in [-0.2, -0.15) is 0 Å². The molecule has 1 aliphatic heterocycles. The first-order valence-electron chi connectivity index (χ1n) is 6.84. The molecule has 0 saturated carbocycles.